The van der Waals surface area contributed by atoms with Gasteiger partial charge in [0.2, 0.25) is 0 Å². The van der Waals surface area contributed by atoms with Crippen LogP contribution in [0.5, 0.6) is 0 Å². The molecular weight excluding hydrogens is 545 g/mol. The number of nitroso groups, excluding NO2 is 1. The van der Waals surface area contributed by atoms with Gasteiger partial charge in [-0.05, 0) is 72.6 Å². The molecule has 1 N–H and O–H groups in total. The zero-order chi connectivity index (χ0) is 29.7. The summed E-state index contributed by atoms with van der Waals surface area (Å²) in [6, 6.07) is 7.83. The van der Waals surface area contributed by atoms with E-state index in [-0.39, 0.29) is 17.7 Å². The Morgan fingerprint density at radius 2 is 1.57 bits per heavy atom. The summed E-state index contributed by atoms with van der Waals surface area (Å²) in [6.07, 6.45) is -4.03. The average molecular weight is 575 g/mol. The van der Waals surface area contributed by atoms with Crippen LogP contribution in [0.3, 0.4) is 0 Å². The van der Waals surface area contributed by atoms with Crippen LogP contribution < -0.4 is 0 Å². The highest BCUT2D eigenvalue weighted by molar-refractivity contribution is 5.96. The van der Waals surface area contributed by atoms with Crippen LogP contribution in [0.2, 0.25) is 0 Å². The highest BCUT2D eigenvalue weighted by Gasteiger charge is 2.37. The number of benzene rings is 2. The molecule has 40 heavy (non-hydrogen) atoms. The molecule has 4 rings (SSSR count). The van der Waals surface area contributed by atoms with Gasteiger partial charge in [0.05, 0.1) is 11.1 Å². The second-order valence-corrected chi connectivity index (χ2v) is 10.1. The second-order valence-electron chi connectivity index (χ2n) is 10.1. The fourth-order valence-electron chi connectivity index (χ4n) is 5.07. The van der Waals surface area contributed by atoms with Crippen molar-refractivity contribution in [1.82, 2.24) is 4.90 Å². The highest BCUT2D eigenvalue weighted by Crippen LogP contribution is 2.38. The van der Waals surface area contributed by atoms with Crippen molar-refractivity contribution in [2.24, 2.45) is 11.1 Å². The van der Waals surface area contributed by atoms with Gasteiger partial charge in [0.25, 0.3) is 0 Å². The molecule has 12 heteroatoms. The van der Waals surface area contributed by atoms with E-state index >= 15 is 0 Å². The first-order valence-electron chi connectivity index (χ1n) is 12.6. The van der Waals surface area contributed by atoms with E-state index in [2.05, 4.69) is 10.1 Å². The van der Waals surface area contributed by atoms with Gasteiger partial charge >= 0.3 is 12.4 Å². The number of halogens is 7. The zero-order valence-electron chi connectivity index (χ0n) is 21.6. The van der Waals surface area contributed by atoms with Gasteiger partial charge in [-0.15, -0.1) is 0 Å². The first-order chi connectivity index (χ1) is 18.7. The molecule has 0 radical (unpaired) electrons. The lowest BCUT2D eigenvalue weighted by Gasteiger charge is -2.33. The van der Waals surface area contributed by atoms with Gasteiger partial charge in [-0.1, -0.05) is 23.7 Å². The summed E-state index contributed by atoms with van der Waals surface area (Å²) in [4.78, 5) is 23.5. The Balaban J connectivity index is 0.000000232. The van der Waals surface area contributed by atoms with Crippen molar-refractivity contribution in [1.29, 1.82) is 0 Å². The van der Waals surface area contributed by atoms with E-state index in [1.54, 1.807) is 18.2 Å². The van der Waals surface area contributed by atoms with E-state index in [4.69, 9.17) is 0 Å². The Hall–Kier alpha value is -3.28. The van der Waals surface area contributed by atoms with E-state index in [1.807, 2.05) is 19.2 Å². The summed E-state index contributed by atoms with van der Waals surface area (Å²) >= 11 is 0. The average Bonchev–Trinajstić information content (AvgIpc) is 3.22. The Morgan fingerprint density at radius 3 is 2.08 bits per heavy atom. The number of nitrogens with zero attached hydrogens (tertiary/aromatic N) is 2. The normalized spacial score (nSPS) is 21.4. The Labute approximate surface area is 226 Å². The summed E-state index contributed by atoms with van der Waals surface area (Å²) in [5.41, 5.74) is -1.17. The number of rotatable bonds is 6. The first kappa shape index (κ1) is 31.3. The molecule has 0 amide bonds. The molecule has 0 saturated heterocycles. The third-order valence-electron chi connectivity index (χ3n) is 7.08. The van der Waals surface area contributed by atoms with Crippen LogP contribution in [0, 0.1) is 16.6 Å². The number of aliphatic hydroxyl groups is 1. The minimum absolute atomic E-state index is 0.00565. The number of aliphatic hydroxyl groups excluding tert-OH is 1. The lowest BCUT2D eigenvalue weighted by molar-refractivity contribution is -0.143. The van der Waals surface area contributed by atoms with Crippen molar-refractivity contribution in [2.75, 3.05) is 13.6 Å². The third kappa shape index (κ3) is 8.61. The van der Waals surface area contributed by atoms with Crippen molar-refractivity contribution < 1.29 is 40.6 Å². The number of alkyl halides is 6. The van der Waals surface area contributed by atoms with E-state index in [1.165, 1.54) is 18.4 Å². The molecule has 5 nitrogen and oxygen atoms in total. The molecule has 2 aliphatic carbocycles. The maximum absolute atomic E-state index is 13.1. The number of hydrogen-bond acceptors (Lipinski definition) is 5. The van der Waals surface area contributed by atoms with Crippen molar-refractivity contribution in [3.8, 4) is 0 Å². The molecule has 0 bridgehead atoms. The van der Waals surface area contributed by atoms with Crippen LogP contribution in [0.4, 0.5) is 30.7 Å². The number of hydrogen-bond donors (Lipinski definition) is 1. The summed E-state index contributed by atoms with van der Waals surface area (Å²) in [5, 5.41) is 11.8. The van der Waals surface area contributed by atoms with Gasteiger partial charge in [-0.3, -0.25) is 4.79 Å². The van der Waals surface area contributed by atoms with Gasteiger partial charge in [-0.2, -0.15) is 31.2 Å². The van der Waals surface area contributed by atoms with Crippen LogP contribution >= 0.6 is 0 Å². The van der Waals surface area contributed by atoms with Gasteiger partial charge in [0.15, 0.2) is 5.78 Å². The largest absolute Gasteiger partial charge is 0.416 e. The molecule has 218 valence electrons. The molecule has 1 fully saturated rings. The smallest absolute Gasteiger partial charge is 0.385 e. The minimum Gasteiger partial charge on any atom is -0.385 e. The molecule has 0 aromatic heterocycles. The molecule has 2 aliphatic rings. The molecule has 0 aliphatic heterocycles. The van der Waals surface area contributed by atoms with Crippen molar-refractivity contribution in [3.05, 3.63) is 87.2 Å². The first-order valence-corrected chi connectivity index (χ1v) is 12.6. The number of carbonyl (C=O) groups is 1. The molecule has 2 aromatic rings. The Kier molecular flexibility index (Phi) is 10.1. The van der Waals surface area contributed by atoms with Gasteiger partial charge in [0, 0.05) is 31.8 Å². The maximum Gasteiger partial charge on any atom is 0.416 e. The fraction of sp³-hybridized carbons (Fsp3) is 0.464. The van der Waals surface area contributed by atoms with Gasteiger partial charge in [-0.25, -0.2) is 4.39 Å². The van der Waals surface area contributed by atoms with E-state index < -0.39 is 41.7 Å². The predicted molar refractivity (Wildman–Crippen MR) is 133 cm³/mol. The topological polar surface area (TPSA) is 70.0 Å². The van der Waals surface area contributed by atoms with E-state index in [9.17, 15) is 45.5 Å². The summed E-state index contributed by atoms with van der Waals surface area (Å²) in [6.45, 7) is 0.163. The SMILES string of the molecule is CN(CC1CCCC(c2ccc(F)cc2)C1)C1=CC(=O)C(O)C1.O=NCc1cc(C(F)(F)F)cc(C(F)(F)F)c1. The Bertz CT molecular complexity index is 1180. The molecule has 2 aromatic carbocycles. The standard InChI is InChI=1S/C19H24FNO2.C9H5F6NO/c1-21(17-10-18(22)19(23)11-17)12-13-3-2-4-15(9-13)14-5-7-16(20)8-6-14;10-8(11,12)6-1-5(4-16-17)2-7(3-6)9(13,14)15/h5-8,10,13,15,19,23H,2-4,9,11-12H2,1H3;1-3H,4H2. The zero-order valence-corrected chi connectivity index (χ0v) is 21.6. The molecule has 1 saturated carbocycles. The second kappa shape index (κ2) is 12.9. The van der Waals surface area contributed by atoms with Crippen LogP contribution in [-0.2, 0) is 23.7 Å². The van der Waals surface area contributed by atoms with Gasteiger partial charge < -0.3 is 10.0 Å². The van der Waals surface area contributed by atoms with Crippen LogP contribution in [-0.4, -0.2) is 35.5 Å². The number of carbonyl (C=O) groups excluding carboxylic acids is 1. The number of ketones is 1. The monoisotopic (exact) mass is 574 g/mol. The Morgan fingerprint density at radius 1 is 0.975 bits per heavy atom. The molecule has 0 spiro atoms. The lowest BCUT2D eigenvalue weighted by Crippen LogP contribution is -2.28. The lowest BCUT2D eigenvalue weighted by atomic mass is 9.78. The molecule has 3 unspecified atom stereocenters. The van der Waals surface area contributed by atoms with Crippen LogP contribution in [0.1, 0.15) is 60.3 Å². The van der Waals surface area contributed by atoms with Crippen molar-refractivity contribution in [3.63, 3.8) is 0 Å². The summed E-state index contributed by atoms with van der Waals surface area (Å²) in [5.74, 6) is 0.696. The summed E-state index contributed by atoms with van der Waals surface area (Å²) in [7, 11) is 2.00. The minimum atomic E-state index is -4.90. The van der Waals surface area contributed by atoms with Gasteiger partial charge in [0.1, 0.15) is 18.5 Å². The molecule has 3 atom stereocenters. The van der Waals surface area contributed by atoms with Crippen molar-refractivity contribution >= 4 is 5.78 Å². The third-order valence-corrected chi connectivity index (χ3v) is 7.08. The maximum atomic E-state index is 13.1. The van der Waals surface area contributed by atoms with Crippen molar-refractivity contribution in [2.45, 2.75) is 63.0 Å². The van der Waals surface area contributed by atoms with Crippen LogP contribution in [0.15, 0.2) is 59.4 Å². The quantitative estimate of drug-likeness (QED) is 0.292. The highest BCUT2D eigenvalue weighted by atomic mass is 19.4. The summed E-state index contributed by atoms with van der Waals surface area (Å²) < 4.78 is 86.9. The molecular formula is C28H29F7N2O3. The van der Waals surface area contributed by atoms with Crippen LogP contribution in [0.25, 0.3) is 0 Å². The van der Waals surface area contributed by atoms with E-state index in [0.717, 1.165) is 25.1 Å². The van der Waals surface area contributed by atoms with E-state index in [0.29, 0.717) is 30.4 Å². The fourth-order valence-corrected chi connectivity index (χ4v) is 5.07. The molecule has 0 heterocycles. The predicted octanol–water partition coefficient (Wildman–Crippen LogP) is 7.24.